The largest absolute Gasteiger partial charge is 0.337 e. The molecule has 0 saturated heterocycles. The monoisotopic (exact) mass is 283 g/mol. The first kappa shape index (κ1) is 14.7. The first-order valence-corrected chi connectivity index (χ1v) is 6.59. The summed E-state index contributed by atoms with van der Waals surface area (Å²) in [5.74, 6) is 0.0408. The minimum absolute atomic E-state index is 0.118. The summed E-state index contributed by atoms with van der Waals surface area (Å²) in [5.41, 5.74) is 1.55. The molecule has 108 valence electrons. The van der Waals surface area contributed by atoms with Crippen LogP contribution in [0.1, 0.15) is 22.8 Å². The van der Waals surface area contributed by atoms with Gasteiger partial charge in [-0.05, 0) is 17.7 Å². The Hall–Kier alpha value is -2.69. The van der Waals surface area contributed by atoms with Crippen molar-refractivity contribution in [2.45, 2.75) is 13.5 Å². The van der Waals surface area contributed by atoms with Crippen molar-refractivity contribution in [1.82, 2.24) is 9.88 Å². The Kier molecular flexibility index (Phi) is 4.66. The second-order valence-electron chi connectivity index (χ2n) is 4.76. The summed E-state index contributed by atoms with van der Waals surface area (Å²) in [6.45, 7) is 1.93. The van der Waals surface area contributed by atoms with Crippen molar-refractivity contribution in [3.63, 3.8) is 0 Å². The molecule has 2 aromatic rings. The fraction of sp³-hybridized carbons (Fsp3) is 0.188. The molecule has 1 heterocycles. The van der Waals surface area contributed by atoms with Crippen LogP contribution in [0, 0.1) is 0 Å². The molecule has 2 amide bonds. The van der Waals surface area contributed by atoms with Gasteiger partial charge >= 0.3 is 0 Å². The van der Waals surface area contributed by atoms with Gasteiger partial charge in [-0.3, -0.25) is 9.59 Å². The maximum atomic E-state index is 12.4. The normalized spacial score (nSPS) is 10.0. The van der Waals surface area contributed by atoms with Gasteiger partial charge in [-0.15, -0.1) is 0 Å². The highest BCUT2D eigenvalue weighted by molar-refractivity contribution is 5.96. The number of hydrogen-bond acceptors (Lipinski definition) is 3. The number of nitrogens with zero attached hydrogens (tertiary/aromatic N) is 2. The minimum atomic E-state index is -0.218. The van der Waals surface area contributed by atoms with E-state index < -0.39 is 0 Å². The molecule has 0 atom stereocenters. The van der Waals surface area contributed by atoms with Crippen molar-refractivity contribution in [2.24, 2.45) is 0 Å². The third kappa shape index (κ3) is 4.14. The first-order chi connectivity index (χ1) is 10.1. The van der Waals surface area contributed by atoms with E-state index in [0.717, 1.165) is 5.56 Å². The first-order valence-electron chi connectivity index (χ1n) is 6.59. The molecule has 0 unspecified atom stereocenters. The summed E-state index contributed by atoms with van der Waals surface area (Å²) in [6.07, 6.45) is 1.51. The number of amides is 2. The van der Waals surface area contributed by atoms with Crippen molar-refractivity contribution < 1.29 is 9.59 Å². The Bertz CT molecular complexity index is 641. The number of nitrogens with one attached hydrogen (secondary N) is 1. The summed E-state index contributed by atoms with van der Waals surface area (Å²) in [5, 5.41) is 2.57. The number of aromatic nitrogens is 1. The van der Waals surface area contributed by atoms with Crippen molar-refractivity contribution in [3.05, 3.63) is 59.8 Å². The lowest BCUT2D eigenvalue weighted by atomic mass is 10.2. The summed E-state index contributed by atoms with van der Waals surface area (Å²) < 4.78 is 0. The van der Waals surface area contributed by atoms with Gasteiger partial charge in [0, 0.05) is 32.3 Å². The summed E-state index contributed by atoms with van der Waals surface area (Å²) in [6, 6.07) is 13.0. The topological polar surface area (TPSA) is 62.3 Å². The van der Waals surface area contributed by atoms with E-state index in [1.54, 1.807) is 24.1 Å². The van der Waals surface area contributed by atoms with Crippen LogP contribution in [-0.4, -0.2) is 28.7 Å². The van der Waals surface area contributed by atoms with Crippen LogP contribution in [-0.2, 0) is 11.3 Å². The average Bonchev–Trinajstić information content (AvgIpc) is 2.47. The second kappa shape index (κ2) is 6.65. The van der Waals surface area contributed by atoms with Crippen LogP contribution in [0.15, 0.2) is 48.7 Å². The van der Waals surface area contributed by atoms with Crippen LogP contribution in [0.4, 0.5) is 5.82 Å². The smallest absolute Gasteiger partial charge is 0.254 e. The third-order valence-electron chi connectivity index (χ3n) is 2.92. The molecule has 0 aliphatic rings. The van der Waals surface area contributed by atoms with Gasteiger partial charge in [0.05, 0.1) is 0 Å². The molecule has 0 spiro atoms. The van der Waals surface area contributed by atoms with E-state index in [0.29, 0.717) is 17.9 Å². The lowest BCUT2D eigenvalue weighted by Crippen LogP contribution is -2.26. The number of anilines is 1. The predicted molar refractivity (Wildman–Crippen MR) is 80.8 cm³/mol. The minimum Gasteiger partial charge on any atom is -0.337 e. The van der Waals surface area contributed by atoms with Crippen molar-refractivity contribution in [3.8, 4) is 0 Å². The van der Waals surface area contributed by atoms with Gasteiger partial charge in [0.2, 0.25) is 5.91 Å². The summed E-state index contributed by atoms with van der Waals surface area (Å²) >= 11 is 0. The van der Waals surface area contributed by atoms with Gasteiger partial charge in [-0.25, -0.2) is 4.98 Å². The fourth-order valence-electron chi connectivity index (χ4n) is 1.96. The van der Waals surface area contributed by atoms with Gasteiger partial charge in [0.25, 0.3) is 5.91 Å². The lowest BCUT2D eigenvalue weighted by Gasteiger charge is -2.17. The van der Waals surface area contributed by atoms with Crippen LogP contribution in [0.2, 0.25) is 0 Å². The van der Waals surface area contributed by atoms with Crippen LogP contribution in [0.5, 0.6) is 0 Å². The molecule has 21 heavy (non-hydrogen) atoms. The number of carbonyl (C=O) groups excluding carboxylic acids is 2. The number of carbonyl (C=O) groups is 2. The highest BCUT2D eigenvalue weighted by Crippen LogP contribution is 2.11. The molecular weight excluding hydrogens is 266 g/mol. The maximum Gasteiger partial charge on any atom is 0.254 e. The van der Waals surface area contributed by atoms with E-state index in [9.17, 15) is 9.59 Å². The average molecular weight is 283 g/mol. The molecule has 1 N–H and O–H groups in total. The third-order valence-corrected chi connectivity index (χ3v) is 2.92. The second-order valence-corrected chi connectivity index (χ2v) is 4.76. The molecule has 1 aromatic carbocycles. The van der Waals surface area contributed by atoms with Gasteiger partial charge in [-0.2, -0.15) is 0 Å². The standard InChI is InChI=1S/C16H17N3O2/c1-12(20)18-15-10-14(8-9-17-15)16(21)19(2)11-13-6-4-3-5-7-13/h3-10H,11H2,1-2H3,(H,17,18,20). The Balaban J connectivity index is 2.10. The van der Waals surface area contributed by atoms with Gasteiger partial charge in [0.15, 0.2) is 0 Å². The number of benzene rings is 1. The van der Waals surface area contributed by atoms with Crippen molar-refractivity contribution in [1.29, 1.82) is 0 Å². The molecule has 2 rings (SSSR count). The summed E-state index contributed by atoms with van der Waals surface area (Å²) in [4.78, 5) is 29.0. The Morgan fingerprint density at radius 3 is 2.57 bits per heavy atom. The van der Waals surface area contributed by atoms with Crippen LogP contribution in [0.3, 0.4) is 0 Å². The molecule has 5 heteroatoms. The van der Waals surface area contributed by atoms with E-state index >= 15 is 0 Å². The van der Waals surface area contributed by atoms with Gasteiger partial charge in [-0.1, -0.05) is 30.3 Å². The highest BCUT2D eigenvalue weighted by atomic mass is 16.2. The van der Waals surface area contributed by atoms with E-state index in [-0.39, 0.29) is 11.8 Å². The van der Waals surface area contributed by atoms with Crippen LogP contribution in [0.25, 0.3) is 0 Å². The van der Waals surface area contributed by atoms with Crippen LogP contribution < -0.4 is 5.32 Å². The zero-order chi connectivity index (χ0) is 15.2. The van der Waals surface area contributed by atoms with Crippen LogP contribution >= 0.6 is 0 Å². The Labute approximate surface area is 123 Å². The number of rotatable bonds is 4. The van der Waals surface area contributed by atoms with Gasteiger partial charge in [0.1, 0.15) is 5.82 Å². The molecule has 0 bridgehead atoms. The van der Waals surface area contributed by atoms with Crippen molar-refractivity contribution >= 4 is 17.6 Å². The molecule has 0 aliphatic carbocycles. The fourth-order valence-corrected chi connectivity index (χ4v) is 1.96. The van der Waals surface area contributed by atoms with E-state index in [1.165, 1.54) is 13.1 Å². The Morgan fingerprint density at radius 1 is 1.19 bits per heavy atom. The van der Waals surface area contributed by atoms with Crippen molar-refractivity contribution in [2.75, 3.05) is 12.4 Å². The Morgan fingerprint density at radius 2 is 1.90 bits per heavy atom. The maximum absolute atomic E-state index is 12.4. The van der Waals surface area contributed by atoms with E-state index in [2.05, 4.69) is 10.3 Å². The quantitative estimate of drug-likeness (QED) is 0.936. The molecule has 1 aromatic heterocycles. The number of hydrogen-bond donors (Lipinski definition) is 1. The van der Waals surface area contributed by atoms with Gasteiger partial charge < -0.3 is 10.2 Å². The molecule has 0 fully saturated rings. The molecule has 0 saturated carbocycles. The SMILES string of the molecule is CC(=O)Nc1cc(C(=O)N(C)Cc2ccccc2)ccn1. The van der Waals surface area contributed by atoms with E-state index in [1.807, 2.05) is 30.3 Å². The molecular formula is C16H17N3O2. The number of pyridine rings is 1. The highest BCUT2D eigenvalue weighted by Gasteiger charge is 2.13. The predicted octanol–water partition coefficient (Wildman–Crippen LogP) is 2.31. The summed E-state index contributed by atoms with van der Waals surface area (Å²) in [7, 11) is 1.74. The molecule has 5 nitrogen and oxygen atoms in total. The zero-order valence-electron chi connectivity index (χ0n) is 12.0. The molecule has 0 aliphatic heterocycles. The van der Waals surface area contributed by atoms with E-state index in [4.69, 9.17) is 0 Å². The zero-order valence-corrected chi connectivity index (χ0v) is 12.0. The molecule has 0 radical (unpaired) electrons. The lowest BCUT2D eigenvalue weighted by molar-refractivity contribution is -0.114.